The lowest BCUT2D eigenvalue weighted by atomic mass is 10.0. The van der Waals surface area contributed by atoms with E-state index in [1.165, 1.54) is 7.11 Å². The van der Waals surface area contributed by atoms with Crippen molar-refractivity contribution in [1.82, 2.24) is 19.7 Å². The Morgan fingerprint density at radius 2 is 1.97 bits per heavy atom. The number of carbonyl (C=O) groups is 2. The minimum absolute atomic E-state index is 0.0202. The standard InChI is InChI=1S/C25H24N4O3/c1-3-23-19(14-26-29(23)17-7-5-4-6-8-17)24(30)28-12-11-22-20(15-28)18-13-16(25(31)32-2)9-10-21(18)27-22/h4-10,13-14,27H,3,11-12,15H2,1-2H3. The van der Waals surface area contributed by atoms with Crippen molar-refractivity contribution in [2.75, 3.05) is 13.7 Å². The SMILES string of the molecule is CCc1c(C(=O)N2CCc3[nH]c4ccc(C(=O)OC)cc4c3C2)cnn1-c1ccccc1. The Balaban J connectivity index is 1.48. The number of benzene rings is 2. The van der Waals surface area contributed by atoms with Gasteiger partial charge in [-0.15, -0.1) is 0 Å². The van der Waals surface area contributed by atoms with Crippen LogP contribution in [0.25, 0.3) is 16.6 Å². The molecule has 0 aliphatic carbocycles. The van der Waals surface area contributed by atoms with Gasteiger partial charge < -0.3 is 14.6 Å². The van der Waals surface area contributed by atoms with E-state index in [9.17, 15) is 9.59 Å². The molecule has 1 amide bonds. The minimum atomic E-state index is -0.369. The molecule has 1 aliphatic heterocycles. The van der Waals surface area contributed by atoms with Crippen LogP contribution in [0, 0.1) is 0 Å². The third-order valence-corrected chi connectivity index (χ3v) is 6.12. The van der Waals surface area contributed by atoms with Gasteiger partial charge in [0.2, 0.25) is 0 Å². The van der Waals surface area contributed by atoms with E-state index < -0.39 is 0 Å². The molecule has 7 nitrogen and oxygen atoms in total. The summed E-state index contributed by atoms with van der Waals surface area (Å²) >= 11 is 0. The first-order valence-corrected chi connectivity index (χ1v) is 10.7. The number of methoxy groups -OCH3 is 1. The molecule has 0 radical (unpaired) electrons. The molecule has 3 heterocycles. The second-order valence-electron chi connectivity index (χ2n) is 7.92. The van der Waals surface area contributed by atoms with Crippen LogP contribution in [0.4, 0.5) is 0 Å². The van der Waals surface area contributed by atoms with Crippen molar-refractivity contribution in [2.24, 2.45) is 0 Å². The van der Waals surface area contributed by atoms with Gasteiger partial charge in [0.15, 0.2) is 0 Å². The zero-order valence-corrected chi connectivity index (χ0v) is 18.1. The fourth-order valence-electron chi connectivity index (χ4n) is 4.49. The molecule has 0 bridgehead atoms. The molecule has 32 heavy (non-hydrogen) atoms. The molecular weight excluding hydrogens is 404 g/mol. The first-order valence-electron chi connectivity index (χ1n) is 10.7. The summed E-state index contributed by atoms with van der Waals surface area (Å²) in [6.45, 7) is 3.15. The molecule has 4 aromatic rings. The smallest absolute Gasteiger partial charge is 0.337 e. The molecule has 0 saturated carbocycles. The van der Waals surface area contributed by atoms with Crippen LogP contribution in [0.3, 0.4) is 0 Å². The Morgan fingerprint density at radius 3 is 2.72 bits per heavy atom. The molecule has 2 aromatic carbocycles. The number of aromatic amines is 1. The second kappa shape index (κ2) is 8.00. The van der Waals surface area contributed by atoms with Gasteiger partial charge in [-0.05, 0) is 36.8 Å². The summed E-state index contributed by atoms with van der Waals surface area (Å²) < 4.78 is 6.71. The van der Waals surface area contributed by atoms with Crippen LogP contribution >= 0.6 is 0 Å². The average Bonchev–Trinajstić information content (AvgIpc) is 3.44. The van der Waals surface area contributed by atoms with Crippen LogP contribution < -0.4 is 0 Å². The third-order valence-electron chi connectivity index (χ3n) is 6.12. The normalized spacial score (nSPS) is 13.2. The highest BCUT2D eigenvalue weighted by Gasteiger charge is 2.28. The molecular formula is C25H24N4O3. The van der Waals surface area contributed by atoms with Crippen LogP contribution in [0.15, 0.2) is 54.7 Å². The second-order valence-corrected chi connectivity index (χ2v) is 7.92. The van der Waals surface area contributed by atoms with Crippen molar-refractivity contribution < 1.29 is 14.3 Å². The van der Waals surface area contributed by atoms with Crippen molar-refractivity contribution in [3.8, 4) is 5.69 Å². The molecule has 5 rings (SSSR count). The Hall–Kier alpha value is -3.87. The highest BCUT2D eigenvalue weighted by molar-refractivity contribution is 5.98. The molecule has 7 heteroatoms. The quantitative estimate of drug-likeness (QED) is 0.500. The number of hydrogen-bond acceptors (Lipinski definition) is 4. The molecule has 0 saturated heterocycles. The highest BCUT2D eigenvalue weighted by atomic mass is 16.5. The third kappa shape index (κ3) is 3.26. The van der Waals surface area contributed by atoms with E-state index in [1.807, 2.05) is 59.0 Å². The number of ether oxygens (including phenoxy) is 1. The van der Waals surface area contributed by atoms with Crippen molar-refractivity contribution in [1.29, 1.82) is 0 Å². The van der Waals surface area contributed by atoms with Crippen LogP contribution in [0.5, 0.6) is 0 Å². The summed E-state index contributed by atoms with van der Waals surface area (Å²) in [5, 5.41) is 5.46. The summed E-state index contributed by atoms with van der Waals surface area (Å²) in [6, 6.07) is 15.3. The van der Waals surface area contributed by atoms with E-state index in [2.05, 4.69) is 10.1 Å². The van der Waals surface area contributed by atoms with Gasteiger partial charge in [0, 0.05) is 41.7 Å². The van der Waals surface area contributed by atoms with Gasteiger partial charge in [-0.3, -0.25) is 4.79 Å². The summed E-state index contributed by atoms with van der Waals surface area (Å²) in [5.74, 6) is -0.389. The molecule has 0 spiro atoms. The number of para-hydroxylation sites is 1. The molecule has 162 valence electrons. The lowest BCUT2D eigenvalue weighted by Gasteiger charge is -2.27. The van der Waals surface area contributed by atoms with Crippen LogP contribution in [0.2, 0.25) is 0 Å². The molecule has 1 N–H and O–H groups in total. The molecule has 0 fully saturated rings. The maximum Gasteiger partial charge on any atom is 0.337 e. The number of nitrogens with zero attached hydrogens (tertiary/aromatic N) is 3. The van der Waals surface area contributed by atoms with Crippen LogP contribution in [-0.2, 0) is 24.1 Å². The molecule has 0 atom stereocenters. The number of aromatic nitrogens is 3. The maximum absolute atomic E-state index is 13.5. The van der Waals surface area contributed by atoms with Gasteiger partial charge in [0.25, 0.3) is 5.91 Å². The van der Waals surface area contributed by atoms with Gasteiger partial charge in [-0.2, -0.15) is 5.10 Å². The molecule has 1 aliphatic rings. The number of rotatable bonds is 4. The van der Waals surface area contributed by atoms with Crippen molar-refractivity contribution in [3.05, 3.63) is 82.8 Å². The predicted molar refractivity (Wildman–Crippen MR) is 121 cm³/mol. The van der Waals surface area contributed by atoms with Crippen molar-refractivity contribution in [3.63, 3.8) is 0 Å². The first kappa shape index (κ1) is 20.1. The van der Waals surface area contributed by atoms with E-state index in [0.29, 0.717) is 30.6 Å². The Bertz CT molecular complexity index is 1320. The Morgan fingerprint density at radius 1 is 1.16 bits per heavy atom. The average molecular weight is 428 g/mol. The van der Waals surface area contributed by atoms with E-state index in [0.717, 1.165) is 40.0 Å². The number of hydrogen-bond donors (Lipinski definition) is 1. The summed E-state index contributed by atoms with van der Waals surface area (Å²) in [4.78, 5) is 30.8. The molecule has 0 unspecified atom stereocenters. The van der Waals surface area contributed by atoms with Gasteiger partial charge in [-0.25, -0.2) is 9.48 Å². The Kier molecular flexibility index (Phi) is 5.01. The van der Waals surface area contributed by atoms with E-state index >= 15 is 0 Å². The fraction of sp³-hybridized carbons (Fsp3) is 0.240. The minimum Gasteiger partial charge on any atom is -0.465 e. The zero-order valence-electron chi connectivity index (χ0n) is 18.1. The van der Waals surface area contributed by atoms with Gasteiger partial charge >= 0.3 is 5.97 Å². The number of nitrogens with one attached hydrogen (secondary N) is 1. The zero-order chi connectivity index (χ0) is 22.2. The van der Waals surface area contributed by atoms with Gasteiger partial charge in [0.05, 0.1) is 35.8 Å². The number of carbonyl (C=O) groups excluding carboxylic acids is 2. The number of H-pyrrole nitrogens is 1. The van der Waals surface area contributed by atoms with E-state index in [4.69, 9.17) is 4.74 Å². The van der Waals surface area contributed by atoms with Crippen molar-refractivity contribution >= 4 is 22.8 Å². The summed E-state index contributed by atoms with van der Waals surface area (Å²) in [5.41, 5.74) is 6.11. The summed E-state index contributed by atoms with van der Waals surface area (Å²) in [7, 11) is 1.38. The lowest BCUT2D eigenvalue weighted by Crippen LogP contribution is -2.36. The summed E-state index contributed by atoms with van der Waals surface area (Å²) in [6.07, 6.45) is 3.11. The highest BCUT2D eigenvalue weighted by Crippen LogP contribution is 2.30. The maximum atomic E-state index is 13.5. The fourth-order valence-corrected chi connectivity index (χ4v) is 4.49. The van der Waals surface area contributed by atoms with E-state index in [-0.39, 0.29) is 11.9 Å². The lowest BCUT2D eigenvalue weighted by molar-refractivity contribution is 0.0600. The van der Waals surface area contributed by atoms with Crippen LogP contribution in [0.1, 0.15) is 44.6 Å². The largest absolute Gasteiger partial charge is 0.465 e. The first-order chi connectivity index (χ1) is 15.6. The number of amides is 1. The van der Waals surface area contributed by atoms with E-state index in [1.54, 1.807) is 12.3 Å². The van der Waals surface area contributed by atoms with Crippen LogP contribution in [-0.4, -0.2) is 45.2 Å². The number of fused-ring (bicyclic) bond motifs is 3. The molecule has 2 aromatic heterocycles. The predicted octanol–water partition coefficient (Wildman–Crippen LogP) is 3.90. The monoisotopic (exact) mass is 428 g/mol. The van der Waals surface area contributed by atoms with Gasteiger partial charge in [-0.1, -0.05) is 25.1 Å². The van der Waals surface area contributed by atoms with Gasteiger partial charge in [0.1, 0.15) is 0 Å². The van der Waals surface area contributed by atoms with Crippen molar-refractivity contribution in [2.45, 2.75) is 26.3 Å². The topological polar surface area (TPSA) is 80.2 Å². The Labute approximate surface area is 185 Å². The number of esters is 1.